The quantitative estimate of drug-likeness (QED) is 0.438. The molecule has 0 spiro atoms. The van der Waals surface area contributed by atoms with E-state index in [2.05, 4.69) is 0 Å². The Balaban J connectivity index is 4.45. The largest absolute Gasteiger partial charge is 0.481 e. The predicted molar refractivity (Wildman–Crippen MR) is 47.1 cm³/mol. The van der Waals surface area contributed by atoms with Crippen LogP contribution in [0.25, 0.3) is 0 Å². The van der Waals surface area contributed by atoms with Crippen molar-refractivity contribution in [2.75, 3.05) is 13.2 Å². The molecule has 0 aromatic heterocycles. The number of carboxylic acids is 1. The van der Waals surface area contributed by atoms with Gasteiger partial charge in [0.1, 0.15) is 0 Å². The maximum atomic E-state index is 10.7. The molecule has 0 heterocycles. The van der Waals surface area contributed by atoms with Crippen LogP contribution >= 0.6 is 0 Å². The first-order valence-corrected chi connectivity index (χ1v) is 4.21. The second-order valence-corrected chi connectivity index (χ2v) is 3.24. The molecule has 0 aliphatic carbocycles. The molecule has 0 saturated carbocycles. The topological polar surface area (TPSA) is 104 Å². The Bertz CT molecular complexity index is 166. The number of aliphatic carboxylic acids is 1. The molecule has 0 aromatic carbocycles. The fraction of sp³-hybridized carbons (Fsp3) is 0.875. The van der Waals surface area contributed by atoms with Crippen molar-refractivity contribution < 1.29 is 20.1 Å². The number of rotatable bonds is 6. The summed E-state index contributed by atoms with van der Waals surface area (Å²) >= 11 is 0. The molecule has 0 radical (unpaired) electrons. The second-order valence-electron chi connectivity index (χ2n) is 3.24. The molecule has 0 amide bonds. The van der Waals surface area contributed by atoms with Gasteiger partial charge in [-0.3, -0.25) is 4.79 Å². The van der Waals surface area contributed by atoms with Gasteiger partial charge in [-0.25, -0.2) is 0 Å². The molecule has 0 aromatic rings. The highest BCUT2D eigenvalue weighted by atomic mass is 16.4. The third-order valence-electron chi connectivity index (χ3n) is 2.39. The Morgan fingerprint density at radius 2 is 1.77 bits per heavy atom. The number of aliphatic hydroxyl groups is 2. The van der Waals surface area contributed by atoms with Gasteiger partial charge in [0, 0.05) is 18.8 Å². The van der Waals surface area contributed by atoms with Crippen LogP contribution in [0, 0.1) is 5.92 Å². The van der Waals surface area contributed by atoms with E-state index in [9.17, 15) is 4.79 Å². The summed E-state index contributed by atoms with van der Waals surface area (Å²) in [5.74, 6) is -1.78. The van der Waals surface area contributed by atoms with Crippen molar-refractivity contribution in [3.8, 4) is 0 Å². The monoisotopic (exact) mass is 191 g/mol. The van der Waals surface area contributed by atoms with Crippen LogP contribution in [0.4, 0.5) is 0 Å². The zero-order valence-corrected chi connectivity index (χ0v) is 7.73. The van der Waals surface area contributed by atoms with Crippen molar-refractivity contribution in [1.29, 1.82) is 0 Å². The third-order valence-corrected chi connectivity index (χ3v) is 2.39. The van der Waals surface area contributed by atoms with Crippen molar-refractivity contribution in [2.45, 2.75) is 25.3 Å². The van der Waals surface area contributed by atoms with Gasteiger partial charge in [0.2, 0.25) is 0 Å². The molecule has 1 atom stereocenters. The number of hydrogen-bond acceptors (Lipinski definition) is 4. The normalized spacial score (nSPS) is 14.2. The maximum Gasteiger partial charge on any atom is 0.308 e. The van der Waals surface area contributed by atoms with Gasteiger partial charge in [-0.1, -0.05) is 6.92 Å². The van der Waals surface area contributed by atoms with Crippen molar-refractivity contribution >= 4 is 5.97 Å². The van der Waals surface area contributed by atoms with Crippen LogP contribution in [0.2, 0.25) is 0 Å². The highest BCUT2D eigenvalue weighted by molar-refractivity contribution is 5.71. The molecular weight excluding hydrogens is 174 g/mol. The van der Waals surface area contributed by atoms with Gasteiger partial charge in [-0.2, -0.15) is 0 Å². The van der Waals surface area contributed by atoms with Crippen molar-refractivity contribution in [3.63, 3.8) is 0 Å². The number of carbonyl (C=O) groups is 1. The van der Waals surface area contributed by atoms with Gasteiger partial charge in [-0.15, -0.1) is 0 Å². The summed E-state index contributed by atoms with van der Waals surface area (Å²) in [4.78, 5) is 10.7. The molecule has 0 fully saturated rings. The van der Waals surface area contributed by atoms with Crippen LogP contribution in [0.15, 0.2) is 0 Å². The Labute approximate surface area is 77.2 Å². The molecular formula is C8H17NO4. The van der Waals surface area contributed by atoms with Crippen molar-refractivity contribution in [2.24, 2.45) is 11.7 Å². The van der Waals surface area contributed by atoms with Gasteiger partial charge in [0.25, 0.3) is 0 Å². The summed E-state index contributed by atoms with van der Waals surface area (Å²) in [7, 11) is 0. The lowest BCUT2D eigenvalue weighted by Gasteiger charge is -2.32. The van der Waals surface area contributed by atoms with E-state index in [1.165, 1.54) is 6.92 Å². The van der Waals surface area contributed by atoms with Crippen molar-refractivity contribution in [3.05, 3.63) is 0 Å². The van der Waals surface area contributed by atoms with Gasteiger partial charge in [0.05, 0.1) is 5.92 Å². The van der Waals surface area contributed by atoms with E-state index >= 15 is 0 Å². The Hall–Kier alpha value is -0.650. The van der Waals surface area contributed by atoms with E-state index in [0.29, 0.717) is 0 Å². The molecule has 1 unspecified atom stereocenters. The lowest BCUT2D eigenvalue weighted by atomic mass is 9.81. The van der Waals surface area contributed by atoms with Crippen LogP contribution in [0.1, 0.15) is 19.8 Å². The summed E-state index contributed by atoms with van der Waals surface area (Å²) in [6, 6.07) is 0. The first kappa shape index (κ1) is 12.3. The van der Waals surface area contributed by atoms with Crippen LogP contribution in [-0.2, 0) is 4.79 Å². The highest BCUT2D eigenvalue weighted by Gasteiger charge is 2.35. The molecule has 0 saturated heterocycles. The number of aliphatic hydroxyl groups excluding tert-OH is 2. The lowest BCUT2D eigenvalue weighted by molar-refractivity contribution is -0.144. The van der Waals surface area contributed by atoms with Crippen LogP contribution in [0.5, 0.6) is 0 Å². The molecule has 5 N–H and O–H groups in total. The summed E-state index contributed by atoms with van der Waals surface area (Å²) in [6.07, 6.45) is 0.363. The van der Waals surface area contributed by atoms with E-state index < -0.39 is 17.4 Å². The number of hydrogen-bond donors (Lipinski definition) is 4. The average molecular weight is 191 g/mol. The average Bonchev–Trinajstić information content (AvgIpc) is 2.03. The number of carboxylic acid groups (broad SMARTS) is 1. The minimum atomic E-state index is -1.02. The zero-order chi connectivity index (χ0) is 10.5. The first-order chi connectivity index (χ1) is 5.98. The van der Waals surface area contributed by atoms with E-state index in [-0.39, 0.29) is 26.1 Å². The minimum Gasteiger partial charge on any atom is -0.481 e. The summed E-state index contributed by atoms with van der Waals surface area (Å²) in [6.45, 7) is 1.13. The van der Waals surface area contributed by atoms with Gasteiger partial charge in [0.15, 0.2) is 0 Å². The smallest absolute Gasteiger partial charge is 0.308 e. The maximum absolute atomic E-state index is 10.7. The number of nitrogens with two attached hydrogens (primary N) is 1. The van der Waals surface area contributed by atoms with Crippen molar-refractivity contribution in [1.82, 2.24) is 0 Å². The molecule has 5 nitrogen and oxygen atoms in total. The fourth-order valence-corrected chi connectivity index (χ4v) is 1.22. The molecule has 0 aliphatic heterocycles. The Morgan fingerprint density at radius 3 is 2.00 bits per heavy atom. The van der Waals surface area contributed by atoms with E-state index in [0.717, 1.165) is 0 Å². The molecule has 0 rings (SSSR count). The predicted octanol–water partition coefficient (Wildman–Crippen LogP) is -0.831. The van der Waals surface area contributed by atoms with E-state index in [1.807, 2.05) is 0 Å². The molecule has 78 valence electrons. The third kappa shape index (κ3) is 3.30. The standard InChI is InChI=1S/C8H17NO4/c1-6(7(12)13)8(9,2-4-10)3-5-11/h6,10-11H,2-5,9H2,1H3,(H,12,13). The second kappa shape index (κ2) is 5.16. The van der Waals surface area contributed by atoms with Crippen LogP contribution in [-0.4, -0.2) is 40.0 Å². The summed E-state index contributed by atoms with van der Waals surface area (Å²) in [5, 5.41) is 26.1. The van der Waals surface area contributed by atoms with Gasteiger partial charge in [-0.05, 0) is 12.8 Å². The van der Waals surface area contributed by atoms with E-state index in [1.54, 1.807) is 0 Å². The van der Waals surface area contributed by atoms with E-state index in [4.69, 9.17) is 21.1 Å². The summed E-state index contributed by atoms with van der Waals surface area (Å²) in [5.41, 5.74) is 4.74. The molecule has 5 heteroatoms. The highest BCUT2D eigenvalue weighted by Crippen LogP contribution is 2.22. The Kier molecular flexibility index (Phi) is 4.90. The Morgan fingerprint density at radius 1 is 1.38 bits per heavy atom. The SMILES string of the molecule is CC(C(=O)O)C(N)(CCO)CCO. The molecule has 0 aliphatic rings. The lowest BCUT2D eigenvalue weighted by Crippen LogP contribution is -2.50. The zero-order valence-electron chi connectivity index (χ0n) is 7.73. The first-order valence-electron chi connectivity index (χ1n) is 4.21. The molecule has 13 heavy (non-hydrogen) atoms. The minimum absolute atomic E-state index is 0.172. The van der Waals surface area contributed by atoms with Crippen LogP contribution in [0.3, 0.4) is 0 Å². The van der Waals surface area contributed by atoms with Gasteiger partial charge >= 0.3 is 5.97 Å². The van der Waals surface area contributed by atoms with Gasteiger partial charge < -0.3 is 21.1 Å². The fourth-order valence-electron chi connectivity index (χ4n) is 1.22. The van der Waals surface area contributed by atoms with Crippen LogP contribution < -0.4 is 5.73 Å². The molecule has 0 bridgehead atoms. The summed E-state index contributed by atoms with van der Waals surface area (Å²) < 4.78 is 0.